The van der Waals surface area contributed by atoms with Gasteiger partial charge in [-0.1, -0.05) is 24.3 Å². The summed E-state index contributed by atoms with van der Waals surface area (Å²) in [5.74, 6) is -1.77. The van der Waals surface area contributed by atoms with Crippen LogP contribution in [0.1, 0.15) is 0 Å². The molecule has 0 bridgehead atoms. The lowest BCUT2D eigenvalue weighted by Crippen LogP contribution is -2.36. The minimum Gasteiger partial charge on any atom is -0.480 e. The van der Waals surface area contributed by atoms with Gasteiger partial charge >= 0.3 is 11.9 Å². The average molecular weight is 322 g/mol. The van der Waals surface area contributed by atoms with Gasteiger partial charge in [0.1, 0.15) is 13.1 Å². The molecule has 0 fully saturated rings. The average Bonchev–Trinajstić information content (AvgIpc) is 2.50. The number of hydrogen-bond donors (Lipinski definition) is 2. The minimum atomic E-state index is -0.887. The van der Waals surface area contributed by atoms with Gasteiger partial charge in [-0.2, -0.15) is 0 Å². The van der Waals surface area contributed by atoms with Crippen LogP contribution in [0.15, 0.2) is 24.3 Å². The maximum absolute atomic E-state index is 11.0. The van der Waals surface area contributed by atoms with Gasteiger partial charge in [-0.3, -0.25) is 9.59 Å². The van der Waals surface area contributed by atoms with E-state index in [-0.39, 0.29) is 13.1 Å². The quantitative estimate of drug-likeness (QED) is 0.720. The number of carboxylic acid groups (broad SMARTS) is 2. The molecule has 6 heteroatoms. The summed E-state index contributed by atoms with van der Waals surface area (Å²) >= 11 is 0. The van der Waals surface area contributed by atoms with E-state index in [4.69, 9.17) is 10.2 Å². The molecular formula is C18H14N2O4. The molecule has 0 radical (unpaired) electrons. The third kappa shape index (κ3) is 2.28. The van der Waals surface area contributed by atoms with E-state index in [1.165, 1.54) is 0 Å². The fourth-order valence-corrected chi connectivity index (χ4v) is 3.32. The highest BCUT2D eigenvalue weighted by Crippen LogP contribution is 2.05. The molecule has 0 atom stereocenters. The SMILES string of the molecule is O=C(O)CN1C=c2ccc3c4c(ccc(c24)=C1)=CN(CC(=O)O)C=3. The molecule has 120 valence electrons. The molecule has 24 heavy (non-hydrogen) atoms. The molecule has 2 aromatic carbocycles. The first-order valence-corrected chi connectivity index (χ1v) is 7.45. The lowest BCUT2D eigenvalue weighted by Gasteiger charge is -2.21. The van der Waals surface area contributed by atoms with Crippen molar-refractivity contribution in [3.05, 3.63) is 45.1 Å². The van der Waals surface area contributed by atoms with Gasteiger partial charge in [0.15, 0.2) is 0 Å². The van der Waals surface area contributed by atoms with Crippen LogP contribution in [-0.2, 0) is 9.59 Å². The summed E-state index contributed by atoms with van der Waals surface area (Å²) in [6, 6.07) is 7.75. The Bertz CT molecular complexity index is 973. The van der Waals surface area contributed by atoms with Crippen molar-refractivity contribution in [1.29, 1.82) is 0 Å². The number of hydrogen-bond acceptors (Lipinski definition) is 4. The fourth-order valence-electron chi connectivity index (χ4n) is 3.32. The summed E-state index contributed by atoms with van der Waals surface area (Å²) < 4.78 is 0. The van der Waals surface area contributed by atoms with E-state index in [0.717, 1.165) is 31.6 Å². The molecule has 0 unspecified atom stereocenters. The molecule has 2 aliphatic rings. The Labute approximate surface area is 136 Å². The van der Waals surface area contributed by atoms with Crippen LogP contribution in [0.4, 0.5) is 0 Å². The van der Waals surface area contributed by atoms with Crippen molar-refractivity contribution in [2.24, 2.45) is 0 Å². The predicted molar refractivity (Wildman–Crippen MR) is 89.0 cm³/mol. The van der Waals surface area contributed by atoms with Crippen molar-refractivity contribution < 1.29 is 19.8 Å². The Hall–Kier alpha value is -3.28. The maximum Gasteiger partial charge on any atom is 0.323 e. The molecular weight excluding hydrogens is 308 g/mol. The van der Waals surface area contributed by atoms with Crippen molar-refractivity contribution in [1.82, 2.24) is 9.80 Å². The van der Waals surface area contributed by atoms with Crippen molar-refractivity contribution in [3.63, 3.8) is 0 Å². The van der Waals surface area contributed by atoms with Gasteiger partial charge in [-0.15, -0.1) is 0 Å². The molecule has 2 aliphatic heterocycles. The zero-order valence-electron chi connectivity index (χ0n) is 12.6. The Morgan fingerprint density at radius 1 is 0.667 bits per heavy atom. The van der Waals surface area contributed by atoms with E-state index in [0.29, 0.717) is 0 Å². The molecule has 0 aliphatic carbocycles. The lowest BCUT2D eigenvalue weighted by molar-refractivity contribution is -0.137. The second-order valence-electron chi connectivity index (χ2n) is 5.89. The van der Waals surface area contributed by atoms with Crippen molar-refractivity contribution in [3.8, 4) is 0 Å². The molecule has 0 saturated heterocycles. The number of rotatable bonds is 4. The normalized spacial score (nSPS) is 14.3. The highest BCUT2D eigenvalue weighted by Gasteiger charge is 2.13. The first kappa shape index (κ1) is 14.3. The molecule has 6 nitrogen and oxygen atoms in total. The zero-order chi connectivity index (χ0) is 16.8. The topological polar surface area (TPSA) is 81.1 Å². The lowest BCUT2D eigenvalue weighted by atomic mass is 9.99. The van der Waals surface area contributed by atoms with E-state index < -0.39 is 11.9 Å². The van der Waals surface area contributed by atoms with Crippen LogP contribution in [0.5, 0.6) is 0 Å². The fraction of sp³-hybridized carbons (Fsp3) is 0.111. The molecule has 0 saturated carbocycles. The standard InChI is InChI=1S/C18H14N2O4/c21-15(22)9-19-5-11-1-2-12-6-20(10-16(23)24)8-14-4-3-13(7-19)17(11)18(12)14/h1-8H,9-10H2,(H,21,22)(H,23,24). The highest BCUT2D eigenvalue weighted by molar-refractivity contribution is 5.89. The molecule has 0 spiro atoms. The number of nitrogens with zero attached hydrogens (tertiary/aromatic N) is 2. The summed E-state index contributed by atoms with van der Waals surface area (Å²) in [5.41, 5.74) is 0. The first-order valence-electron chi connectivity index (χ1n) is 7.45. The predicted octanol–water partition coefficient (Wildman–Crippen LogP) is -1.41. The van der Waals surface area contributed by atoms with Crippen LogP contribution >= 0.6 is 0 Å². The summed E-state index contributed by atoms with van der Waals surface area (Å²) in [4.78, 5) is 25.3. The van der Waals surface area contributed by atoms with Crippen LogP contribution in [0, 0.1) is 0 Å². The molecule has 4 rings (SSSR count). The number of benzene rings is 2. The van der Waals surface area contributed by atoms with E-state index in [1.54, 1.807) is 9.80 Å². The van der Waals surface area contributed by atoms with Crippen LogP contribution in [0.3, 0.4) is 0 Å². The van der Waals surface area contributed by atoms with E-state index >= 15 is 0 Å². The zero-order valence-corrected chi connectivity index (χ0v) is 12.6. The largest absolute Gasteiger partial charge is 0.480 e. The van der Waals surface area contributed by atoms with Crippen LogP contribution in [0.25, 0.3) is 35.6 Å². The monoisotopic (exact) mass is 322 g/mol. The maximum atomic E-state index is 11.0. The Kier molecular flexibility index (Phi) is 3.06. The third-order valence-corrected chi connectivity index (χ3v) is 4.14. The van der Waals surface area contributed by atoms with Crippen LogP contribution in [0.2, 0.25) is 0 Å². The summed E-state index contributed by atoms with van der Waals surface area (Å²) in [6.07, 6.45) is 7.31. The van der Waals surface area contributed by atoms with E-state index in [2.05, 4.69) is 0 Å². The van der Waals surface area contributed by atoms with E-state index in [9.17, 15) is 9.59 Å². The molecule has 0 aromatic heterocycles. The summed E-state index contributed by atoms with van der Waals surface area (Å²) in [5, 5.41) is 24.0. The van der Waals surface area contributed by atoms with Crippen molar-refractivity contribution in [2.75, 3.05) is 13.1 Å². The second kappa shape index (κ2) is 5.13. The van der Waals surface area contributed by atoms with Gasteiger partial charge in [-0.05, 0) is 20.9 Å². The van der Waals surface area contributed by atoms with Gasteiger partial charge < -0.3 is 20.0 Å². The molecule has 0 amide bonds. The van der Waals surface area contributed by atoms with Gasteiger partial charge in [0.2, 0.25) is 0 Å². The van der Waals surface area contributed by atoms with E-state index in [1.807, 2.05) is 49.1 Å². The third-order valence-electron chi connectivity index (χ3n) is 4.14. The van der Waals surface area contributed by atoms with Crippen LogP contribution < -0.4 is 20.9 Å². The van der Waals surface area contributed by atoms with Gasteiger partial charge in [0.25, 0.3) is 0 Å². The molecule has 2 aromatic rings. The number of aliphatic carboxylic acids is 2. The molecule has 2 heterocycles. The smallest absolute Gasteiger partial charge is 0.323 e. The number of carboxylic acids is 2. The second-order valence-corrected chi connectivity index (χ2v) is 5.89. The van der Waals surface area contributed by atoms with Crippen molar-refractivity contribution >= 4 is 47.5 Å². The van der Waals surface area contributed by atoms with Gasteiger partial charge in [0.05, 0.1) is 0 Å². The van der Waals surface area contributed by atoms with Crippen LogP contribution in [-0.4, -0.2) is 45.0 Å². The Morgan fingerprint density at radius 3 is 1.21 bits per heavy atom. The summed E-state index contributed by atoms with van der Waals surface area (Å²) in [7, 11) is 0. The Balaban J connectivity index is 1.97. The highest BCUT2D eigenvalue weighted by atomic mass is 16.4. The minimum absolute atomic E-state index is 0.0882. The van der Waals surface area contributed by atoms with Gasteiger partial charge in [-0.25, -0.2) is 0 Å². The Morgan fingerprint density at radius 2 is 0.958 bits per heavy atom. The first-order chi connectivity index (χ1) is 11.5. The molecule has 2 N–H and O–H groups in total. The summed E-state index contributed by atoms with van der Waals surface area (Å²) in [6.45, 7) is -0.176. The van der Waals surface area contributed by atoms with Gasteiger partial charge in [0, 0.05) is 35.6 Å². The number of carbonyl (C=O) groups is 2. The van der Waals surface area contributed by atoms with Crippen molar-refractivity contribution in [2.45, 2.75) is 0 Å².